The van der Waals surface area contributed by atoms with Gasteiger partial charge in [-0.3, -0.25) is 0 Å². The van der Waals surface area contributed by atoms with E-state index < -0.39 is 21.4 Å². The Labute approximate surface area is 173 Å². The fourth-order valence-electron chi connectivity index (χ4n) is 2.86. The Balaban J connectivity index is 1.70. The van der Waals surface area contributed by atoms with Gasteiger partial charge in [0.2, 0.25) is 0 Å². The molecule has 0 unspecified atom stereocenters. The van der Waals surface area contributed by atoms with Gasteiger partial charge in [0.25, 0.3) is 0 Å². The van der Waals surface area contributed by atoms with Crippen LogP contribution in [0.2, 0.25) is 15.1 Å². The Morgan fingerprint density at radius 1 is 0.481 bits per heavy atom. The summed E-state index contributed by atoms with van der Waals surface area (Å²) in [5, 5.41) is 1.81. The molecule has 1 aliphatic rings. The van der Waals surface area contributed by atoms with Crippen LogP contribution in [0.3, 0.4) is 0 Å². The normalized spacial score (nSPS) is 14.6. The number of benzene rings is 3. The molecule has 27 heavy (non-hydrogen) atoms. The van der Waals surface area contributed by atoms with Gasteiger partial charge in [0.05, 0.1) is 0 Å². The third-order valence-electron chi connectivity index (χ3n) is 4.10. The highest BCUT2D eigenvalue weighted by molar-refractivity contribution is 6.87. The molecule has 0 N–H and O–H groups in total. The Kier molecular flexibility index (Phi) is 5.83. The quantitative estimate of drug-likeness (QED) is 0.616. The maximum absolute atomic E-state index is 6.14. The van der Waals surface area contributed by atoms with Crippen LogP contribution in [0.4, 0.5) is 0 Å². The van der Waals surface area contributed by atoms with Gasteiger partial charge in [0.1, 0.15) is 0 Å². The second-order valence-corrected chi connectivity index (χ2v) is 7.38. The van der Waals surface area contributed by atoms with E-state index in [1.54, 1.807) is 18.2 Å². The zero-order valence-electron chi connectivity index (χ0n) is 14.0. The smallest absolute Gasteiger partial charge is 0.445 e. The largest absolute Gasteiger partial charge is 0.467 e. The van der Waals surface area contributed by atoms with E-state index in [9.17, 15) is 0 Å². The van der Waals surface area contributed by atoms with Crippen LogP contribution >= 0.6 is 34.8 Å². The van der Waals surface area contributed by atoms with Gasteiger partial charge in [0.15, 0.2) is 0 Å². The Hall–Kier alpha value is -1.40. The van der Waals surface area contributed by atoms with Gasteiger partial charge in [-0.25, -0.2) is 0 Å². The van der Waals surface area contributed by atoms with Crippen LogP contribution in [0.5, 0.6) is 0 Å². The zero-order valence-corrected chi connectivity index (χ0v) is 16.3. The summed E-state index contributed by atoms with van der Waals surface area (Å²) in [5.41, 5.74) is 2.39. The predicted octanol–water partition coefficient (Wildman–Crippen LogP) is 3.20. The number of rotatable bonds is 3. The number of halogens is 3. The molecule has 1 saturated heterocycles. The van der Waals surface area contributed by atoms with Gasteiger partial charge in [-0.1, -0.05) is 71.2 Å². The molecular weight excluding hydrogens is 403 g/mol. The summed E-state index contributed by atoms with van der Waals surface area (Å²) in [4.78, 5) is 0. The van der Waals surface area contributed by atoms with Crippen molar-refractivity contribution in [2.45, 2.75) is 0 Å². The molecule has 0 atom stereocenters. The first-order valence-corrected chi connectivity index (χ1v) is 9.45. The SMILES string of the molecule is Clc1cccc(B2OB(c3cccc(Cl)c3)OB(c3cccc(Cl)c3)O2)c1. The molecule has 3 aromatic rings. The average Bonchev–Trinajstić information content (AvgIpc) is 2.68. The lowest BCUT2D eigenvalue weighted by atomic mass is 9.61. The minimum absolute atomic E-state index is 0.602. The van der Waals surface area contributed by atoms with Gasteiger partial charge < -0.3 is 13.7 Å². The van der Waals surface area contributed by atoms with Crippen molar-refractivity contribution >= 4 is 72.5 Å². The van der Waals surface area contributed by atoms with Crippen LogP contribution in [-0.4, -0.2) is 21.4 Å². The lowest BCUT2D eigenvalue weighted by molar-refractivity contribution is 0.308. The van der Waals surface area contributed by atoms with Gasteiger partial charge in [-0.2, -0.15) is 0 Å². The van der Waals surface area contributed by atoms with E-state index in [0.29, 0.717) is 15.1 Å². The molecule has 3 nitrogen and oxygen atoms in total. The maximum atomic E-state index is 6.14. The molecule has 0 bridgehead atoms. The van der Waals surface area contributed by atoms with Crippen LogP contribution in [0.25, 0.3) is 0 Å². The fourth-order valence-corrected chi connectivity index (χ4v) is 3.46. The first-order valence-electron chi connectivity index (χ1n) is 8.31. The van der Waals surface area contributed by atoms with E-state index in [0.717, 1.165) is 16.4 Å². The van der Waals surface area contributed by atoms with Crippen molar-refractivity contribution < 1.29 is 13.7 Å². The fraction of sp³-hybridized carbons (Fsp3) is 0. The van der Waals surface area contributed by atoms with Crippen LogP contribution < -0.4 is 16.4 Å². The minimum atomic E-state index is -0.662. The molecule has 0 spiro atoms. The summed E-state index contributed by atoms with van der Waals surface area (Å²) in [6.07, 6.45) is 0. The molecule has 3 aromatic carbocycles. The molecular formula is C18H12B3Cl3O3. The van der Waals surface area contributed by atoms with Crippen molar-refractivity contribution in [3.8, 4) is 0 Å². The number of hydrogen-bond donors (Lipinski definition) is 0. The van der Waals surface area contributed by atoms with Crippen LogP contribution in [0.15, 0.2) is 72.8 Å². The van der Waals surface area contributed by atoms with Gasteiger partial charge in [-0.05, 0) is 52.8 Å². The van der Waals surface area contributed by atoms with Crippen molar-refractivity contribution in [3.05, 3.63) is 87.9 Å². The van der Waals surface area contributed by atoms with Gasteiger partial charge in [-0.15, -0.1) is 0 Å². The third-order valence-corrected chi connectivity index (χ3v) is 4.81. The van der Waals surface area contributed by atoms with Crippen molar-refractivity contribution in [3.63, 3.8) is 0 Å². The lowest BCUT2D eigenvalue weighted by Gasteiger charge is -2.31. The standard InChI is InChI=1S/C18H12B3Cl3O3/c22-16-7-1-4-13(10-16)19-25-20(14-5-2-8-17(23)11-14)27-21(26-19)15-6-3-9-18(24)12-15/h1-12H. The highest BCUT2D eigenvalue weighted by Crippen LogP contribution is 2.15. The molecule has 1 aliphatic heterocycles. The first-order chi connectivity index (χ1) is 13.1. The maximum Gasteiger partial charge on any atom is 0.467 e. The van der Waals surface area contributed by atoms with E-state index in [4.69, 9.17) is 48.5 Å². The summed E-state index contributed by atoms with van der Waals surface area (Å²) >= 11 is 18.4. The summed E-state index contributed by atoms with van der Waals surface area (Å²) in [5.74, 6) is 0. The summed E-state index contributed by atoms with van der Waals surface area (Å²) in [6, 6.07) is 22.1. The lowest BCUT2D eigenvalue weighted by Crippen LogP contribution is -2.61. The number of hydrogen-bond acceptors (Lipinski definition) is 3. The highest BCUT2D eigenvalue weighted by Gasteiger charge is 2.43. The minimum Gasteiger partial charge on any atom is -0.445 e. The highest BCUT2D eigenvalue weighted by atomic mass is 35.5. The molecule has 132 valence electrons. The van der Waals surface area contributed by atoms with E-state index >= 15 is 0 Å². The van der Waals surface area contributed by atoms with E-state index in [1.807, 2.05) is 54.6 Å². The molecule has 0 aromatic heterocycles. The average molecular weight is 415 g/mol. The molecule has 0 radical (unpaired) electrons. The Morgan fingerprint density at radius 2 is 0.778 bits per heavy atom. The first kappa shape index (κ1) is 18.9. The molecule has 0 aliphatic carbocycles. The molecule has 0 amide bonds. The Morgan fingerprint density at radius 3 is 1.04 bits per heavy atom. The second kappa shape index (κ2) is 8.32. The van der Waals surface area contributed by atoms with Gasteiger partial charge >= 0.3 is 21.4 Å². The van der Waals surface area contributed by atoms with Crippen molar-refractivity contribution in [1.82, 2.24) is 0 Å². The van der Waals surface area contributed by atoms with Crippen LogP contribution in [0.1, 0.15) is 0 Å². The monoisotopic (exact) mass is 414 g/mol. The Bertz CT molecular complexity index is 831. The van der Waals surface area contributed by atoms with Crippen molar-refractivity contribution in [1.29, 1.82) is 0 Å². The molecule has 1 fully saturated rings. The molecule has 9 heteroatoms. The summed E-state index contributed by atoms with van der Waals surface area (Å²) < 4.78 is 18.2. The zero-order chi connectivity index (χ0) is 18.8. The van der Waals surface area contributed by atoms with Crippen LogP contribution in [0, 0.1) is 0 Å². The summed E-state index contributed by atoms with van der Waals surface area (Å²) in [6.45, 7) is 0. The predicted molar refractivity (Wildman–Crippen MR) is 114 cm³/mol. The molecule has 1 heterocycles. The molecule has 0 saturated carbocycles. The van der Waals surface area contributed by atoms with Crippen LogP contribution in [-0.2, 0) is 13.7 Å². The second-order valence-electron chi connectivity index (χ2n) is 6.07. The van der Waals surface area contributed by atoms with Gasteiger partial charge in [0, 0.05) is 15.1 Å². The van der Waals surface area contributed by atoms with Crippen molar-refractivity contribution in [2.24, 2.45) is 0 Å². The van der Waals surface area contributed by atoms with E-state index in [2.05, 4.69) is 0 Å². The molecule has 4 rings (SSSR count). The van der Waals surface area contributed by atoms with E-state index in [-0.39, 0.29) is 0 Å². The van der Waals surface area contributed by atoms with Crippen molar-refractivity contribution in [2.75, 3.05) is 0 Å². The van der Waals surface area contributed by atoms with E-state index in [1.165, 1.54) is 0 Å². The third kappa shape index (κ3) is 4.54. The summed E-state index contributed by atoms with van der Waals surface area (Å²) in [7, 11) is -1.98. The topological polar surface area (TPSA) is 27.7 Å².